The van der Waals surface area contributed by atoms with Crippen molar-refractivity contribution in [3.8, 4) is 51.4 Å². The zero-order valence-electron chi connectivity index (χ0n) is 17.2. The molecule has 5 rings (SSSR count). The Balaban J connectivity index is 1.59. The van der Waals surface area contributed by atoms with Crippen molar-refractivity contribution in [2.75, 3.05) is 0 Å². The van der Waals surface area contributed by atoms with Crippen LogP contribution in [0.3, 0.4) is 0 Å². The number of rotatable bonds is 4. The van der Waals surface area contributed by atoms with E-state index in [0.717, 1.165) is 27.8 Å². The third-order valence-electron chi connectivity index (χ3n) is 5.17. The summed E-state index contributed by atoms with van der Waals surface area (Å²) < 4.78 is 0. The first-order valence-electron chi connectivity index (χ1n) is 10.3. The van der Waals surface area contributed by atoms with Gasteiger partial charge in [0, 0.05) is 16.7 Å². The molecular weight excluding hydrogens is 392 g/mol. The third kappa shape index (κ3) is 4.00. The lowest BCUT2D eigenvalue weighted by Crippen LogP contribution is -2.00. The fraction of sp³-hybridized carbons (Fsp3) is 0. The highest BCUT2D eigenvalue weighted by molar-refractivity contribution is 5.71. The van der Waals surface area contributed by atoms with E-state index in [-0.39, 0.29) is 0 Å². The Morgan fingerprint density at radius 3 is 1.38 bits per heavy atom. The van der Waals surface area contributed by atoms with Crippen molar-refractivity contribution in [1.82, 2.24) is 15.0 Å². The SMILES string of the molecule is N#Cc1cccc(-c2ccc(-c3nc(-c4ccccc4)nc(-c4ccccc4)n3)cc2)c1. The van der Waals surface area contributed by atoms with Crippen molar-refractivity contribution in [3.63, 3.8) is 0 Å². The molecule has 0 atom stereocenters. The quantitative estimate of drug-likeness (QED) is 0.343. The molecule has 0 saturated carbocycles. The lowest BCUT2D eigenvalue weighted by molar-refractivity contribution is 1.07. The standard InChI is InChI=1S/C28H18N4/c29-19-20-8-7-13-25(18-20)21-14-16-24(17-15-21)28-31-26(22-9-3-1-4-10-22)30-27(32-28)23-11-5-2-6-12-23/h1-18H. The van der Waals surface area contributed by atoms with Gasteiger partial charge >= 0.3 is 0 Å². The number of nitriles is 1. The van der Waals surface area contributed by atoms with Crippen LogP contribution in [-0.4, -0.2) is 15.0 Å². The van der Waals surface area contributed by atoms with Crippen molar-refractivity contribution in [2.45, 2.75) is 0 Å². The van der Waals surface area contributed by atoms with Crippen molar-refractivity contribution in [3.05, 3.63) is 115 Å². The molecule has 0 aliphatic heterocycles. The first-order chi connectivity index (χ1) is 15.8. The van der Waals surface area contributed by atoms with Crippen molar-refractivity contribution in [1.29, 1.82) is 5.26 Å². The summed E-state index contributed by atoms with van der Waals surface area (Å²) in [6.45, 7) is 0. The molecule has 0 spiro atoms. The maximum absolute atomic E-state index is 9.17. The van der Waals surface area contributed by atoms with Crippen LogP contribution in [0.25, 0.3) is 45.3 Å². The minimum absolute atomic E-state index is 0.620. The van der Waals surface area contributed by atoms with Gasteiger partial charge in [-0.15, -0.1) is 0 Å². The molecule has 0 aliphatic carbocycles. The molecule has 150 valence electrons. The highest BCUT2D eigenvalue weighted by atomic mass is 15.0. The van der Waals surface area contributed by atoms with Gasteiger partial charge in [-0.1, -0.05) is 97.1 Å². The Kier molecular flexibility index (Phi) is 5.22. The number of nitrogens with zero attached hydrogens (tertiary/aromatic N) is 4. The second-order valence-electron chi connectivity index (χ2n) is 7.31. The summed E-state index contributed by atoms with van der Waals surface area (Å²) >= 11 is 0. The normalized spacial score (nSPS) is 10.5. The van der Waals surface area contributed by atoms with Gasteiger partial charge in [0.15, 0.2) is 17.5 Å². The number of hydrogen-bond acceptors (Lipinski definition) is 4. The van der Waals surface area contributed by atoms with Crippen molar-refractivity contribution in [2.24, 2.45) is 0 Å². The predicted octanol–water partition coefficient (Wildman–Crippen LogP) is 6.41. The van der Waals surface area contributed by atoms with Gasteiger partial charge in [0.1, 0.15) is 0 Å². The molecule has 0 bridgehead atoms. The van der Waals surface area contributed by atoms with Gasteiger partial charge in [-0.25, -0.2) is 15.0 Å². The van der Waals surface area contributed by atoms with E-state index in [1.165, 1.54) is 0 Å². The number of benzene rings is 4. The lowest BCUT2D eigenvalue weighted by atomic mass is 10.0. The van der Waals surface area contributed by atoms with E-state index in [1.54, 1.807) is 6.07 Å². The zero-order valence-corrected chi connectivity index (χ0v) is 17.2. The van der Waals surface area contributed by atoms with E-state index >= 15 is 0 Å². The van der Waals surface area contributed by atoms with Crippen LogP contribution in [0, 0.1) is 11.3 Å². The molecular formula is C28H18N4. The Labute approximate surface area is 186 Å². The maximum atomic E-state index is 9.17. The third-order valence-corrected chi connectivity index (χ3v) is 5.17. The highest BCUT2D eigenvalue weighted by Gasteiger charge is 2.12. The van der Waals surface area contributed by atoms with Crippen molar-refractivity contribution < 1.29 is 0 Å². The topological polar surface area (TPSA) is 62.5 Å². The Morgan fingerprint density at radius 2 is 0.875 bits per heavy atom. The van der Waals surface area contributed by atoms with Gasteiger partial charge in [-0.2, -0.15) is 5.26 Å². The molecule has 0 saturated heterocycles. The smallest absolute Gasteiger partial charge is 0.164 e. The van der Waals surface area contributed by atoms with Gasteiger partial charge in [0.05, 0.1) is 11.6 Å². The molecule has 4 heteroatoms. The van der Waals surface area contributed by atoms with E-state index in [0.29, 0.717) is 23.0 Å². The molecule has 4 aromatic carbocycles. The second kappa shape index (κ2) is 8.63. The average Bonchev–Trinajstić information content (AvgIpc) is 2.89. The molecule has 0 amide bonds. The van der Waals surface area contributed by atoms with Gasteiger partial charge in [0.2, 0.25) is 0 Å². The number of aromatic nitrogens is 3. The molecule has 0 unspecified atom stereocenters. The predicted molar refractivity (Wildman–Crippen MR) is 126 cm³/mol. The van der Waals surface area contributed by atoms with Gasteiger partial charge < -0.3 is 0 Å². The zero-order chi connectivity index (χ0) is 21.8. The van der Waals surface area contributed by atoms with Gasteiger partial charge in [-0.05, 0) is 23.3 Å². The molecule has 5 aromatic rings. The lowest BCUT2D eigenvalue weighted by Gasteiger charge is -2.09. The Morgan fingerprint density at radius 1 is 0.438 bits per heavy atom. The van der Waals surface area contributed by atoms with E-state index in [4.69, 9.17) is 20.2 Å². The summed E-state index contributed by atoms with van der Waals surface area (Å²) in [5.41, 5.74) is 5.47. The van der Waals surface area contributed by atoms with Crippen LogP contribution in [0.15, 0.2) is 109 Å². The summed E-state index contributed by atoms with van der Waals surface area (Å²) in [7, 11) is 0. The van der Waals surface area contributed by atoms with Crippen LogP contribution in [-0.2, 0) is 0 Å². The molecule has 32 heavy (non-hydrogen) atoms. The largest absolute Gasteiger partial charge is 0.208 e. The van der Waals surface area contributed by atoms with Crippen LogP contribution in [0.1, 0.15) is 5.56 Å². The Bertz CT molecular complexity index is 1350. The van der Waals surface area contributed by atoms with E-state index in [9.17, 15) is 0 Å². The highest BCUT2D eigenvalue weighted by Crippen LogP contribution is 2.27. The molecule has 0 radical (unpaired) electrons. The van der Waals surface area contributed by atoms with Crippen LogP contribution >= 0.6 is 0 Å². The monoisotopic (exact) mass is 410 g/mol. The summed E-state index contributed by atoms with van der Waals surface area (Å²) in [6.07, 6.45) is 0. The van der Waals surface area contributed by atoms with Crippen LogP contribution in [0.2, 0.25) is 0 Å². The first kappa shape index (κ1) is 19.3. The van der Waals surface area contributed by atoms with Gasteiger partial charge in [-0.3, -0.25) is 0 Å². The second-order valence-corrected chi connectivity index (χ2v) is 7.31. The summed E-state index contributed by atoms with van der Waals surface area (Å²) in [4.78, 5) is 14.3. The summed E-state index contributed by atoms with van der Waals surface area (Å²) in [5, 5.41) is 9.17. The molecule has 0 aliphatic rings. The molecule has 4 nitrogen and oxygen atoms in total. The van der Waals surface area contributed by atoms with Crippen molar-refractivity contribution >= 4 is 0 Å². The van der Waals surface area contributed by atoms with Crippen LogP contribution in [0.5, 0.6) is 0 Å². The maximum Gasteiger partial charge on any atom is 0.164 e. The van der Waals surface area contributed by atoms with Crippen LogP contribution in [0.4, 0.5) is 0 Å². The average molecular weight is 410 g/mol. The molecule has 1 aromatic heterocycles. The Hall–Kier alpha value is -4.62. The van der Waals surface area contributed by atoms with Gasteiger partial charge in [0.25, 0.3) is 0 Å². The molecule has 0 N–H and O–H groups in total. The number of hydrogen-bond donors (Lipinski definition) is 0. The fourth-order valence-electron chi connectivity index (χ4n) is 3.52. The minimum atomic E-state index is 0.620. The van der Waals surface area contributed by atoms with E-state index in [2.05, 4.69) is 6.07 Å². The minimum Gasteiger partial charge on any atom is -0.208 e. The summed E-state index contributed by atoms with van der Waals surface area (Å²) in [5.74, 6) is 1.90. The first-order valence-corrected chi connectivity index (χ1v) is 10.3. The fourth-order valence-corrected chi connectivity index (χ4v) is 3.52. The summed E-state index contributed by atoms with van der Waals surface area (Å²) in [6, 6.07) is 37.7. The van der Waals surface area contributed by atoms with Crippen LogP contribution < -0.4 is 0 Å². The molecule has 0 fully saturated rings. The van der Waals surface area contributed by atoms with E-state index in [1.807, 2.05) is 103 Å². The molecule has 1 heterocycles. The van der Waals surface area contributed by atoms with E-state index < -0.39 is 0 Å².